The SMILES string of the molecule is CC(C)C(N)c1c(F)ccc(F)c1Cl. The van der Waals surface area contributed by atoms with Crippen molar-refractivity contribution in [2.75, 3.05) is 0 Å². The summed E-state index contributed by atoms with van der Waals surface area (Å²) in [5, 5.41) is -0.216. The first-order valence-electron chi connectivity index (χ1n) is 4.34. The maximum absolute atomic E-state index is 13.3. The fourth-order valence-electron chi connectivity index (χ4n) is 1.18. The fourth-order valence-corrected chi connectivity index (χ4v) is 1.46. The number of hydrogen-bond acceptors (Lipinski definition) is 1. The van der Waals surface area contributed by atoms with Gasteiger partial charge in [0, 0.05) is 11.6 Å². The van der Waals surface area contributed by atoms with Gasteiger partial charge in [0.2, 0.25) is 0 Å². The molecule has 0 aliphatic carbocycles. The van der Waals surface area contributed by atoms with Crippen molar-refractivity contribution < 1.29 is 8.78 Å². The van der Waals surface area contributed by atoms with Crippen molar-refractivity contribution in [2.45, 2.75) is 19.9 Å². The molecule has 1 aromatic rings. The second-order valence-corrected chi connectivity index (χ2v) is 3.90. The first-order chi connectivity index (χ1) is 6.45. The van der Waals surface area contributed by atoms with Crippen LogP contribution >= 0.6 is 11.6 Å². The lowest BCUT2D eigenvalue weighted by atomic mass is 9.96. The van der Waals surface area contributed by atoms with Gasteiger partial charge in [0.15, 0.2) is 0 Å². The average Bonchev–Trinajstić information content (AvgIpc) is 2.12. The molecule has 0 fully saturated rings. The number of halogens is 3. The van der Waals surface area contributed by atoms with Crippen molar-refractivity contribution in [3.8, 4) is 0 Å². The lowest BCUT2D eigenvalue weighted by Crippen LogP contribution is -2.19. The number of rotatable bonds is 2. The number of nitrogens with two attached hydrogens (primary N) is 1. The molecule has 2 N–H and O–H groups in total. The Morgan fingerprint density at radius 2 is 1.71 bits per heavy atom. The van der Waals surface area contributed by atoms with Gasteiger partial charge in [0.25, 0.3) is 0 Å². The van der Waals surface area contributed by atoms with Crippen LogP contribution in [-0.2, 0) is 0 Å². The molecular formula is C10H12ClF2N. The molecule has 1 nitrogen and oxygen atoms in total. The quantitative estimate of drug-likeness (QED) is 0.759. The molecule has 1 atom stereocenters. The summed E-state index contributed by atoms with van der Waals surface area (Å²) in [6.45, 7) is 3.65. The predicted molar refractivity (Wildman–Crippen MR) is 53.1 cm³/mol. The molecular weight excluding hydrogens is 208 g/mol. The molecule has 0 aliphatic heterocycles. The van der Waals surface area contributed by atoms with Crippen LogP contribution in [0.2, 0.25) is 5.02 Å². The van der Waals surface area contributed by atoms with E-state index in [4.69, 9.17) is 17.3 Å². The van der Waals surface area contributed by atoms with Crippen molar-refractivity contribution in [2.24, 2.45) is 11.7 Å². The van der Waals surface area contributed by atoms with Gasteiger partial charge in [-0.25, -0.2) is 8.78 Å². The normalized spacial score (nSPS) is 13.4. The Labute approximate surface area is 86.9 Å². The Kier molecular flexibility index (Phi) is 3.45. The van der Waals surface area contributed by atoms with E-state index >= 15 is 0 Å². The highest BCUT2D eigenvalue weighted by atomic mass is 35.5. The van der Waals surface area contributed by atoms with E-state index in [0.29, 0.717) is 0 Å². The van der Waals surface area contributed by atoms with E-state index in [2.05, 4.69) is 0 Å². The van der Waals surface area contributed by atoms with Crippen molar-refractivity contribution >= 4 is 11.6 Å². The Hall–Kier alpha value is -0.670. The first kappa shape index (κ1) is 11.4. The Morgan fingerprint density at radius 1 is 1.21 bits per heavy atom. The molecule has 1 aromatic carbocycles. The molecule has 1 unspecified atom stereocenters. The molecule has 14 heavy (non-hydrogen) atoms. The van der Waals surface area contributed by atoms with Crippen LogP contribution in [0.3, 0.4) is 0 Å². The minimum absolute atomic E-state index is 0.00352. The van der Waals surface area contributed by atoms with Gasteiger partial charge < -0.3 is 5.73 Å². The first-order valence-corrected chi connectivity index (χ1v) is 4.72. The highest BCUT2D eigenvalue weighted by molar-refractivity contribution is 6.31. The van der Waals surface area contributed by atoms with Gasteiger partial charge in [-0.05, 0) is 18.1 Å². The van der Waals surface area contributed by atoms with Gasteiger partial charge in [-0.3, -0.25) is 0 Å². The largest absolute Gasteiger partial charge is 0.324 e. The van der Waals surface area contributed by atoms with E-state index in [1.54, 1.807) is 0 Å². The van der Waals surface area contributed by atoms with E-state index in [-0.39, 0.29) is 16.5 Å². The van der Waals surface area contributed by atoms with Gasteiger partial charge >= 0.3 is 0 Å². The molecule has 0 saturated heterocycles. The van der Waals surface area contributed by atoms with E-state index in [0.717, 1.165) is 12.1 Å². The summed E-state index contributed by atoms with van der Waals surface area (Å²) in [4.78, 5) is 0. The summed E-state index contributed by atoms with van der Waals surface area (Å²) in [5.74, 6) is -1.19. The average molecular weight is 220 g/mol. The second-order valence-electron chi connectivity index (χ2n) is 3.53. The Balaban J connectivity index is 3.25. The van der Waals surface area contributed by atoms with E-state index in [1.165, 1.54) is 0 Å². The molecule has 0 aromatic heterocycles. The summed E-state index contributed by atoms with van der Waals surface area (Å²) < 4.78 is 26.3. The van der Waals surface area contributed by atoms with Gasteiger partial charge in [-0.15, -0.1) is 0 Å². The molecule has 1 rings (SSSR count). The molecule has 4 heteroatoms. The van der Waals surface area contributed by atoms with Crippen LogP contribution < -0.4 is 5.73 Å². The predicted octanol–water partition coefficient (Wildman–Crippen LogP) is 3.27. The number of hydrogen-bond donors (Lipinski definition) is 1. The number of benzene rings is 1. The summed E-state index contributed by atoms with van der Waals surface area (Å²) in [5.41, 5.74) is 5.77. The second kappa shape index (κ2) is 4.24. The Bertz CT molecular complexity index is 339. The van der Waals surface area contributed by atoms with Crippen LogP contribution in [-0.4, -0.2) is 0 Å². The lowest BCUT2D eigenvalue weighted by Gasteiger charge is -2.18. The third-order valence-corrected chi connectivity index (χ3v) is 2.52. The van der Waals surface area contributed by atoms with Gasteiger partial charge in [-0.2, -0.15) is 0 Å². The Morgan fingerprint density at radius 3 is 2.21 bits per heavy atom. The molecule has 0 radical (unpaired) electrons. The van der Waals surface area contributed by atoms with Crippen LogP contribution in [0.25, 0.3) is 0 Å². The standard InChI is InChI=1S/C10H12ClF2N/c1-5(2)10(14)8-6(12)3-4-7(13)9(8)11/h3-5,10H,14H2,1-2H3. The minimum atomic E-state index is -0.640. The van der Waals surface area contributed by atoms with Crippen molar-refractivity contribution in [1.29, 1.82) is 0 Å². The summed E-state index contributed by atoms with van der Waals surface area (Å²) in [6.07, 6.45) is 0. The topological polar surface area (TPSA) is 26.0 Å². The smallest absolute Gasteiger partial charge is 0.142 e. The molecule has 0 amide bonds. The molecule has 0 heterocycles. The zero-order valence-corrected chi connectivity index (χ0v) is 8.78. The molecule has 0 aliphatic rings. The van der Waals surface area contributed by atoms with Gasteiger partial charge in [0.1, 0.15) is 11.6 Å². The maximum Gasteiger partial charge on any atom is 0.142 e. The molecule has 0 bridgehead atoms. The van der Waals surface area contributed by atoms with Crippen molar-refractivity contribution in [3.63, 3.8) is 0 Å². The molecule has 0 spiro atoms. The fraction of sp³-hybridized carbons (Fsp3) is 0.400. The van der Waals surface area contributed by atoms with Gasteiger partial charge in [0.05, 0.1) is 5.02 Å². The minimum Gasteiger partial charge on any atom is -0.324 e. The molecule has 78 valence electrons. The third kappa shape index (κ3) is 2.04. The van der Waals surface area contributed by atoms with E-state index in [9.17, 15) is 8.78 Å². The highest BCUT2D eigenvalue weighted by Crippen LogP contribution is 2.30. The summed E-state index contributed by atoms with van der Waals surface area (Å²) >= 11 is 5.64. The molecule has 0 saturated carbocycles. The van der Waals surface area contributed by atoms with E-state index in [1.807, 2.05) is 13.8 Å². The summed E-state index contributed by atoms with van der Waals surface area (Å²) in [7, 11) is 0. The maximum atomic E-state index is 13.3. The summed E-state index contributed by atoms with van der Waals surface area (Å²) in [6, 6.07) is 1.45. The van der Waals surface area contributed by atoms with Crippen molar-refractivity contribution in [1.82, 2.24) is 0 Å². The van der Waals surface area contributed by atoms with Crippen LogP contribution in [0.5, 0.6) is 0 Å². The lowest BCUT2D eigenvalue weighted by molar-refractivity contribution is 0.479. The van der Waals surface area contributed by atoms with Crippen LogP contribution in [0.4, 0.5) is 8.78 Å². The monoisotopic (exact) mass is 219 g/mol. The van der Waals surface area contributed by atoms with E-state index < -0.39 is 17.7 Å². The van der Waals surface area contributed by atoms with Crippen LogP contribution in [0.1, 0.15) is 25.5 Å². The van der Waals surface area contributed by atoms with Crippen LogP contribution in [0.15, 0.2) is 12.1 Å². The zero-order valence-electron chi connectivity index (χ0n) is 8.02. The third-order valence-electron chi connectivity index (χ3n) is 2.13. The van der Waals surface area contributed by atoms with Crippen LogP contribution in [0, 0.1) is 17.6 Å². The van der Waals surface area contributed by atoms with Gasteiger partial charge in [-0.1, -0.05) is 25.4 Å². The van der Waals surface area contributed by atoms with Crippen molar-refractivity contribution in [3.05, 3.63) is 34.4 Å². The highest BCUT2D eigenvalue weighted by Gasteiger charge is 2.20. The zero-order chi connectivity index (χ0) is 10.9.